The Hall–Kier alpha value is -6.64. The summed E-state index contributed by atoms with van der Waals surface area (Å²) in [5.74, 6) is -1.49. The molecule has 4 aliphatic rings. The predicted molar refractivity (Wildman–Crippen MR) is 197 cm³/mol. The summed E-state index contributed by atoms with van der Waals surface area (Å²) in [5.41, 5.74) is -4.65. The van der Waals surface area contributed by atoms with Gasteiger partial charge in [-0.25, -0.2) is 20.0 Å². The fraction of sp³-hybridized carbons (Fsp3) is 0.179. The number of ether oxygens (including phenoxy) is 1. The maximum absolute atomic E-state index is 14.0. The van der Waals surface area contributed by atoms with Crippen LogP contribution in [0.4, 0.5) is 75.4 Å². The van der Waals surface area contributed by atoms with E-state index in [2.05, 4.69) is 20.0 Å². The van der Waals surface area contributed by atoms with Gasteiger partial charge in [-0.2, -0.15) is 52.7 Å². The molecule has 0 unspecified atom stereocenters. The van der Waals surface area contributed by atoms with Crippen LogP contribution in [0, 0.1) is 0 Å². The summed E-state index contributed by atoms with van der Waals surface area (Å²) in [5, 5.41) is 0. The highest BCUT2D eigenvalue weighted by molar-refractivity contribution is 6.54. The van der Waals surface area contributed by atoms with E-state index in [1.54, 1.807) is 6.92 Å². The second-order valence-corrected chi connectivity index (χ2v) is 13.1. The van der Waals surface area contributed by atoms with E-state index in [0.717, 1.165) is 72.8 Å². The summed E-state index contributed by atoms with van der Waals surface area (Å²) in [6, 6.07) is 16.2. The number of nitrogens with zero attached hydrogens (tertiary/aromatic N) is 8. The van der Waals surface area contributed by atoms with Crippen molar-refractivity contribution in [2.24, 2.45) is 20.0 Å². The highest BCUT2D eigenvalue weighted by Gasteiger charge is 2.48. The van der Waals surface area contributed by atoms with Gasteiger partial charge in [-0.3, -0.25) is 19.6 Å². The van der Waals surface area contributed by atoms with Gasteiger partial charge < -0.3 is 4.74 Å². The molecular weight excluding hydrogens is 824 g/mol. The van der Waals surface area contributed by atoms with Crippen molar-refractivity contribution in [2.45, 2.75) is 38.0 Å². The Morgan fingerprint density at radius 2 is 0.750 bits per heavy atom. The maximum Gasteiger partial charge on any atom is 0.416 e. The molecule has 60 heavy (non-hydrogen) atoms. The summed E-state index contributed by atoms with van der Waals surface area (Å²) in [6.45, 7) is 1.46. The van der Waals surface area contributed by atoms with E-state index in [-0.39, 0.29) is 64.3 Å². The molecule has 0 amide bonds. The monoisotopic (exact) mass is 848 g/mol. The van der Waals surface area contributed by atoms with Gasteiger partial charge in [0.1, 0.15) is 0 Å². The zero-order chi connectivity index (χ0) is 42.9. The van der Waals surface area contributed by atoms with Crippen molar-refractivity contribution in [1.82, 2.24) is 0 Å². The molecule has 4 heterocycles. The first kappa shape index (κ1) is 40.2. The molecule has 4 aromatic rings. The number of fused-ring (bicyclic) bond motifs is 2. The molecule has 4 aromatic carbocycles. The maximum atomic E-state index is 14.0. The fourth-order valence-electron chi connectivity index (χ4n) is 6.64. The van der Waals surface area contributed by atoms with E-state index in [4.69, 9.17) is 4.74 Å². The van der Waals surface area contributed by atoms with Crippen LogP contribution in [-0.4, -0.2) is 36.3 Å². The first-order chi connectivity index (χ1) is 28.2. The van der Waals surface area contributed by atoms with E-state index in [9.17, 15) is 52.7 Å². The van der Waals surface area contributed by atoms with Crippen molar-refractivity contribution < 1.29 is 57.4 Å². The van der Waals surface area contributed by atoms with Crippen LogP contribution in [0.1, 0.15) is 29.2 Å². The van der Waals surface area contributed by atoms with Crippen molar-refractivity contribution in [1.29, 1.82) is 0 Å². The van der Waals surface area contributed by atoms with Crippen LogP contribution in [-0.2, 0) is 29.4 Å². The summed E-state index contributed by atoms with van der Waals surface area (Å²) in [7, 11) is 0. The van der Waals surface area contributed by atoms with Crippen LogP contribution >= 0.6 is 0 Å². The van der Waals surface area contributed by atoms with E-state index in [1.807, 2.05) is 0 Å². The molecule has 0 aromatic heterocycles. The number of aliphatic imine (C=N–C) groups is 4. The summed E-state index contributed by atoms with van der Waals surface area (Å²) in [6.07, 6.45) is -18.1. The molecule has 0 N–H and O–H groups in total. The van der Waals surface area contributed by atoms with Crippen LogP contribution in [0.15, 0.2) is 141 Å². The van der Waals surface area contributed by atoms with Crippen LogP contribution in [0.5, 0.6) is 0 Å². The number of hydrogen-bond acceptors (Lipinski definition) is 9. The highest BCUT2D eigenvalue weighted by Crippen LogP contribution is 2.42. The van der Waals surface area contributed by atoms with E-state index in [0.29, 0.717) is 0 Å². The Labute approximate surface area is 330 Å². The molecule has 310 valence electrons. The van der Waals surface area contributed by atoms with E-state index >= 15 is 0 Å². The van der Waals surface area contributed by atoms with Gasteiger partial charge in [0, 0.05) is 41.8 Å². The van der Waals surface area contributed by atoms with Crippen molar-refractivity contribution >= 4 is 46.1 Å². The molecule has 1 fully saturated rings. The SMILES string of the molecule is CCOC1N(c2cccc(C(F)(F)F)c2)C2=NC(=C3N=C4C(=N3)N(c3cccc(C(F)(F)F)c3)C=CN4c3cccc(C(F)(F)F)c3)N=C2N1c1cccc(C(F)(F)F)c1. The number of anilines is 4. The van der Waals surface area contributed by atoms with Gasteiger partial charge in [0.2, 0.25) is 18.0 Å². The second-order valence-electron chi connectivity index (χ2n) is 13.1. The molecule has 9 nitrogen and oxygen atoms in total. The third-order valence-electron chi connectivity index (χ3n) is 9.29. The van der Waals surface area contributed by atoms with E-state index in [1.165, 1.54) is 56.3 Å². The lowest BCUT2D eigenvalue weighted by atomic mass is 10.1. The third-order valence-corrected chi connectivity index (χ3v) is 9.29. The minimum Gasteiger partial charge on any atom is -0.340 e. The van der Waals surface area contributed by atoms with Crippen LogP contribution in [0.25, 0.3) is 0 Å². The average molecular weight is 849 g/mol. The summed E-state index contributed by atoms with van der Waals surface area (Å²) >= 11 is 0. The Balaban J connectivity index is 1.32. The minimum atomic E-state index is -4.81. The van der Waals surface area contributed by atoms with Gasteiger partial charge in [-0.05, 0) is 79.7 Å². The number of hydrogen-bond donors (Lipinski definition) is 0. The fourth-order valence-corrected chi connectivity index (χ4v) is 6.64. The Kier molecular flexibility index (Phi) is 9.55. The van der Waals surface area contributed by atoms with Gasteiger partial charge >= 0.3 is 24.7 Å². The topological polar surface area (TPSA) is 71.6 Å². The average Bonchev–Trinajstić information content (AvgIpc) is 3.89. The van der Waals surface area contributed by atoms with Gasteiger partial charge in [0.25, 0.3) is 0 Å². The van der Waals surface area contributed by atoms with E-state index < -0.39 is 53.3 Å². The molecule has 4 aliphatic heterocycles. The zero-order valence-corrected chi connectivity index (χ0v) is 30.2. The number of alkyl halides is 12. The molecule has 1 saturated heterocycles. The van der Waals surface area contributed by atoms with Crippen molar-refractivity contribution in [3.63, 3.8) is 0 Å². The van der Waals surface area contributed by atoms with Gasteiger partial charge in [-0.1, -0.05) is 24.3 Å². The quantitative estimate of drug-likeness (QED) is 0.181. The number of amidine groups is 4. The van der Waals surface area contributed by atoms with Gasteiger partial charge in [0.05, 0.1) is 22.3 Å². The second kappa shape index (κ2) is 14.3. The Morgan fingerprint density at radius 1 is 0.450 bits per heavy atom. The first-order valence-electron chi connectivity index (χ1n) is 17.5. The standard InChI is InChI=1S/C39H24F12N8O/c1-2-60-35-58(27-13-5-9-23(19-27)38(46,47)48)33-34(59(35)28-14-6-10-24(20-28)39(49,50)51)55-30(54-33)29-52-31-32(53-29)57(26-12-4-8-22(18-26)37(43,44)45)16-15-56(31)25-11-3-7-21(17-25)36(40,41)42/h3-20,35H,2H2,1H3. The smallest absolute Gasteiger partial charge is 0.340 e. The lowest BCUT2D eigenvalue weighted by Gasteiger charge is -2.32. The Morgan fingerprint density at radius 3 is 1.07 bits per heavy atom. The molecule has 0 bridgehead atoms. The minimum absolute atomic E-state index is 0.0746. The molecule has 21 heteroatoms. The van der Waals surface area contributed by atoms with Crippen LogP contribution in [0.2, 0.25) is 0 Å². The molecule has 0 aliphatic carbocycles. The first-order valence-corrected chi connectivity index (χ1v) is 17.5. The predicted octanol–water partition coefficient (Wildman–Crippen LogP) is 10.7. The lowest BCUT2D eigenvalue weighted by Crippen LogP contribution is -2.44. The zero-order valence-electron chi connectivity index (χ0n) is 30.2. The van der Waals surface area contributed by atoms with Crippen molar-refractivity contribution in [2.75, 3.05) is 26.2 Å². The van der Waals surface area contributed by atoms with Gasteiger partial charge in [0.15, 0.2) is 23.3 Å². The summed E-state index contributed by atoms with van der Waals surface area (Å²) in [4.78, 5) is 22.8. The largest absolute Gasteiger partial charge is 0.416 e. The number of rotatable bonds is 6. The third kappa shape index (κ3) is 7.32. The molecule has 0 radical (unpaired) electrons. The lowest BCUT2D eigenvalue weighted by molar-refractivity contribution is -0.138. The summed E-state index contributed by atoms with van der Waals surface area (Å²) < 4.78 is 172. The molecule has 0 atom stereocenters. The normalized spacial score (nSPS) is 17.3. The van der Waals surface area contributed by atoms with Crippen LogP contribution < -0.4 is 19.6 Å². The highest BCUT2D eigenvalue weighted by atomic mass is 19.4. The van der Waals surface area contributed by atoms with Crippen LogP contribution in [0.3, 0.4) is 0 Å². The molecule has 8 rings (SSSR count). The number of benzene rings is 4. The molecule has 0 spiro atoms. The Bertz CT molecular complexity index is 2400. The molecule has 0 saturated carbocycles. The number of halogens is 12. The molecular formula is C39H24F12N8O. The van der Waals surface area contributed by atoms with Crippen molar-refractivity contribution in [3.05, 3.63) is 143 Å². The van der Waals surface area contributed by atoms with Gasteiger partial charge in [-0.15, -0.1) is 0 Å². The van der Waals surface area contributed by atoms with Crippen molar-refractivity contribution in [3.8, 4) is 0 Å².